The molecule has 0 amide bonds. The van der Waals surface area contributed by atoms with Crippen LogP contribution in [0.3, 0.4) is 0 Å². The van der Waals surface area contributed by atoms with E-state index in [2.05, 4.69) is 35.3 Å². The third kappa shape index (κ3) is 4.15. The third-order valence-electron chi connectivity index (χ3n) is 3.96. The van der Waals surface area contributed by atoms with Crippen molar-refractivity contribution in [3.63, 3.8) is 0 Å². The summed E-state index contributed by atoms with van der Waals surface area (Å²) in [6.45, 7) is 7.33. The number of fused-ring (bicyclic) bond motifs is 1. The van der Waals surface area contributed by atoms with Crippen LogP contribution in [0, 0.1) is 6.92 Å². The van der Waals surface area contributed by atoms with E-state index in [4.69, 9.17) is 0 Å². The molecular weight excluding hydrogens is 294 g/mol. The molecule has 2 aromatic heterocycles. The molecule has 0 radical (unpaired) electrons. The summed E-state index contributed by atoms with van der Waals surface area (Å²) in [5.74, 6) is 2.81. The lowest BCUT2D eigenvalue weighted by molar-refractivity contribution is 0.616. The first-order valence-corrected chi connectivity index (χ1v) is 9.80. The van der Waals surface area contributed by atoms with Crippen molar-refractivity contribution in [2.75, 3.05) is 11.5 Å². The van der Waals surface area contributed by atoms with Crippen LogP contribution in [0.1, 0.15) is 50.9 Å². The zero-order valence-electron chi connectivity index (χ0n) is 14.0. The van der Waals surface area contributed by atoms with E-state index in [9.17, 15) is 4.21 Å². The molecule has 1 unspecified atom stereocenters. The van der Waals surface area contributed by atoms with Crippen LogP contribution in [-0.2, 0) is 23.8 Å². The Morgan fingerprint density at radius 3 is 2.64 bits per heavy atom. The fourth-order valence-corrected chi connectivity index (χ4v) is 4.10. The van der Waals surface area contributed by atoms with Gasteiger partial charge >= 0.3 is 0 Å². The van der Waals surface area contributed by atoms with Crippen LogP contribution >= 0.6 is 0 Å². The number of hydrogen-bond acceptors (Lipinski definition) is 3. The van der Waals surface area contributed by atoms with Crippen molar-refractivity contribution >= 4 is 21.8 Å². The second-order valence-corrected chi connectivity index (χ2v) is 7.46. The van der Waals surface area contributed by atoms with Gasteiger partial charge in [0.2, 0.25) is 0 Å². The maximum atomic E-state index is 11.8. The lowest BCUT2D eigenvalue weighted by Crippen LogP contribution is -2.07. The summed E-state index contributed by atoms with van der Waals surface area (Å²) in [7, 11) is -0.642. The molecule has 0 saturated carbocycles. The minimum atomic E-state index is -0.642. The largest absolute Gasteiger partial charge is 0.328 e. The van der Waals surface area contributed by atoms with E-state index < -0.39 is 10.8 Å². The van der Waals surface area contributed by atoms with E-state index >= 15 is 0 Å². The summed E-state index contributed by atoms with van der Waals surface area (Å²) in [5.41, 5.74) is 3.37. The first kappa shape index (κ1) is 17.1. The smallest absolute Gasteiger partial charge is 0.109 e. The minimum Gasteiger partial charge on any atom is -0.328 e. The molecule has 2 aromatic rings. The van der Waals surface area contributed by atoms with Gasteiger partial charge in [-0.25, -0.2) is 4.98 Å². The second kappa shape index (κ2) is 8.42. The van der Waals surface area contributed by atoms with Gasteiger partial charge in [0.15, 0.2) is 0 Å². The molecule has 4 nitrogen and oxygen atoms in total. The van der Waals surface area contributed by atoms with Crippen LogP contribution in [0.15, 0.2) is 12.4 Å². The number of nitrogens with zero attached hydrogens (tertiary/aromatic N) is 3. The van der Waals surface area contributed by atoms with Crippen molar-refractivity contribution in [1.82, 2.24) is 14.5 Å². The number of rotatable bonds is 9. The molecule has 0 aromatic carbocycles. The fraction of sp³-hybridized carbons (Fsp3) is 0.647. The first-order chi connectivity index (χ1) is 10.7. The molecule has 122 valence electrons. The summed E-state index contributed by atoms with van der Waals surface area (Å²) in [6.07, 6.45) is 8.94. The highest BCUT2D eigenvalue weighted by atomic mass is 32.2. The molecule has 0 saturated heterocycles. The number of hydrogen-bond donors (Lipinski definition) is 0. The molecule has 0 bridgehead atoms. The van der Waals surface area contributed by atoms with E-state index in [0.717, 1.165) is 61.5 Å². The maximum absolute atomic E-state index is 11.8. The first-order valence-electron chi connectivity index (χ1n) is 8.32. The highest BCUT2D eigenvalue weighted by molar-refractivity contribution is 7.84. The molecule has 0 aliphatic carbocycles. The second-order valence-electron chi connectivity index (χ2n) is 5.77. The molecule has 0 N–H and O–H groups in total. The van der Waals surface area contributed by atoms with Gasteiger partial charge in [0, 0.05) is 41.5 Å². The van der Waals surface area contributed by atoms with Crippen molar-refractivity contribution in [1.29, 1.82) is 0 Å². The number of imidazole rings is 1. The topological polar surface area (TPSA) is 47.8 Å². The van der Waals surface area contributed by atoms with Crippen LogP contribution in [0.25, 0.3) is 11.0 Å². The minimum absolute atomic E-state index is 0.642. The van der Waals surface area contributed by atoms with Gasteiger partial charge in [-0.3, -0.25) is 9.19 Å². The monoisotopic (exact) mass is 321 g/mol. The molecule has 0 aliphatic heterocycles. The van der Waals surface area contributed by atoms with Crippen molar-refractivity contribution < 1.29 is 4.21 Å². The van der Waals surface area contributed by atoms with E-state index in [1.165, 1.54) is 11.1 Å². The summed E-state index contributed by atoms with van der Waals surface area (Å²) in [4.78, 5) is 8.92. The molecule has 5 heteroatoms. The average molecular weight is 321 g/mol. The van der Waals surface area contributed by atoms with Gasteiger partial charge in [-0.2, -0.15) is 0 Å². The summed E-state index contributed by atoms with van der Waals surface area (Å²) in [5, 5.41) is 0. The van der Waals surface area contributed by atoms with Crippen LogP contribution in [0.2, 0.25) is 0 Å². The predicted octanol–water partition coefficient (Wildman–Crippen LogP) is 3.63. The van der Waals surface area contributed by atoms with E-state index in [-0.39, 0.29) is 0 Å². The maximum Gasteiger partial charge on any atom is 0.109 e. The molecule has 0 spiro atoms. The normalized spacial score (nSPS) is 12.9. The molecule has 0 fully saturated rings. The summed E-state index contributed by atoms with van der Waals surface area (Å²) >= 11 is 0. The van der Waals surface area contributed by atoms with Gasteiger partial charge in [-0.1, -0.05) is 20.3 Å². The van der Waals surface area contributed by atoms with Crippen LogP contribution in [-0.4, -0.2) is 30.2 Å². The van der Waals surface area contributed by atoms with Gasteiger partial charge in [0.1, 0.15) is 11.3 Å². The van der Waals surface area contributed by atoms with Gasteiger partial charge in [-0.05, 0) is 31.7 Å². The van der Waals surface area contributed by atoms with Gasteiger partial charge < -0.3 is 4.57 Å². The van der Waals surface area contributed by atoms with Crippen LogP contribution < -0.4 is 0 Å². The Bertz CT molecular complexity index is 636. The van der Waals surface area contributed by atoms with Crippen molar-refractivity contribution in [3.05, 3.63) is 23.8 Å². The quantitative estimate of drug-likeness (QED) is 0.663. The molecule has 22 heavy (non-hydrogen) atoms. The van der Waals surface area contributed by atoms with Crippen molar-refractivity contribution in [2.24, 2.45) is 0 Å². The molecule has 1 atom stereocenters. The Morgan fingerprint density at radius 1 is 1.14 bits per heavy atom. The molecular formula is C17H27N3OS. The lowest BCUT2D eigenvalue weighted by atomic mass is 10.2. The Morgan fingerprint density at radius 2 is 1.91 bits per heavy atom. The zero-order valence-corrected chi connectivity index (χ0v) is 14.8. The van der Waals surface area contributed by atoms with Crippen molar-refractivity contribution in [3.8, 4) is 0 Å². The Labute approximate surface area is 135 Å². The van der Waals surface area contributed by atoms with E-state index in [0.29, 0.717) is 0 Å². The van der Waals surface area contributed by atoms with E-state index in [1.807, 2.05) is 12.4 Å². The number of pyridine rings is 1. The third-order valence-corrected chi connectivity index (χ3v) is 5.45. The predicted molar refractivity (Wildman–Crippen MR) is 93.7 cm³/mol. The summed E-state index contributed by atoms with van der Waals surface area (Å²) in [6, 6.07) is 0. The van der Waals surface area contributed by atoms with Gasteiger partial charge in [-0.15, -0.1) is 0 Å². The van der Waals surface area contributed by atoms with Crippen LogP contribution in [0.5, 0.6) is 0 Å². The number of unbranched alkanes of at least 4 members (excludes halogenated alkanes) is 2. The standard InChI is InChI=1S/C17H27N3OS/c1-4-6-10-22(21)11-8-7-9-20-16(5-2)19-15-13-18-12-14(3)17(15)20/h12-13H,4-11H2,1-3H3. The zero-order chi connectivity index (χ0) is 15.9. The Kier molecular flexibility index (Phi) is 6.55. The molecule has 0 aliphatic rings. The highest BCUT2D eigenvalue weighted by Gasteiger charge is 2.11. The van der Waals surface area contributed by atoms with Crippen molar-refractivity contribution in [2.45, 2.75) is 59.4 Å². The lowest BCUT2D eigenvalue weighted by Gasteiger charge is -2.09. The van der Waals surface area contributed by atoms with Gasteiger partial charge in [0.25, 0.3) is 0 Å². The van der Waals surface area contributed by atoms with Crippen LogP contribution in [0.4, 0.5) is 0 Å². The summed E-state index contributed by atoms with van der Waals surface area (Å²) < 4.78 is 14.2. The SMILES string of the molecule is CCCCS(=O)CCCCn1c(CC)nc2cncc(C)c21. The number of aryl methyl sites for hydroxylation is 3. The average Bonchev–Trinajstić information content (AvgIpc) is 2.88. The van der Waals surface area contributed by atoms with Gasteiger partial charge in [0.05, 0.1) is 11.7 Å². The number of aromatic nitrogens is 3. The molecule has 2 heterocycles. The highest BCUT2D eigenvalue weighted by Crippen LogP contribution is 2.20. The Balaban J connectivity index is 1.98. The Hall–Kier alpha value is -1.23. The molecule has 2 rings (SSSR count). The van der Waals surface area contributed by atoms with E-state index in [1.54, 1.807) is 0 Å². The fourth-order valence-electron chi connectivity index (χ4n) is 2.76.